The molecule has 4 aliphatic heterocycles. The van der Waals surface area contributed by atoms with Gasteiger partial charge in [0.05, 0.1) is 5.76 Å². The molecule has 5 aliphatic rings. The monoisotopic (exact) mass is 534 g/mol. The number of hydrogen-bond acceptors (Lipinski definition) is 4. The van der Waals surface area contributed by atoms with E-state index in [1.54, 1.807) is 0 Å². The second kappa shape index (κ2) is 8.36. The molecular formula is C35H28B2O4. The highest BCUT2D eigenvalue weighted by Gasteiger charge is 2.47. The Morgan fingerprint density at radius 1 is 0.732 bits per heavy atom. The number of hydrogen-bond donors (Lipinski definition) is 0. The Balaban J connectivity index is 1.33. The minimum Gasteiger partial charge on any atom is -0.463 e. The fraction of sp³-hybridized carbons (Fsp3) is 0.200. The van der Waals surface area contributed by atoms with Gasteiger partial charge in [0, 0.05) is 22.9 Å². The maximum atomic E-state index is 6.99. The van der Waals surface area contributed by atoms with Crippen LogP contribution in [0, 0.1) is 6.92 Å². The van der Waals surface area contributed by atoms with Crippen molar-refractivity contribution in [3.8, 4) is 40.2 Å². The molecule has 0 N–H and O–H groups in total. The molecule has 0 spiro atoms. The first-order chi connectivity index (χ1) is 20.1. The first kappa shape index (κ1) is 23.4. The van der Waals surface area contributed by atoms with Crippen molar-refractivity contribution < 1.29 is 18.9 Å². The number of rotatable bonds is 2. The van der Waals surface area contributed by atoms with E-state index in [-0.39, 0.29) is 13.4 Å². The van der Waals surface area contributed by atoms with Crippen LogP contribution in [0.15, 0.2) is 84.0 Å². The Morgan fingerprint density at radius 2 is 1.49 bits per heavy atom. The highest BCUT2D eigenvalue weighted by molar-refractivity contribution is 6.99. The lowest BCUT2D eigenvalue weighted by Crippen LogP contribution is -2.60. The number of allylic oxidation sites excluding steroid dienone is 4. The lowest BCUT2D eigenvalue weighted by Gasteiger charge is -2.39. The van der Waals surface area contributed by atoms with Crippen LogP contribution in [-0.2, 0) is 0 Å². The van der Waals surface area contributed by atoms with E-state index in [0.717, 1.165) is 92.7 Å². The van der Waals surface area contributed by atoms with Crippen molar-refractivity contribution in [2.45, 2.75) is 46.0 Å². The standard InChI is InChI=1S/C35H28B2O4/c1-4-19(2)21-16-17-30-32-35(21)41-34-20(3)33-24(18-25(34)37(32)23-11-6-8-13-27(23)39-30)36-22-10-5-7-12-26(22)38-28-14-9-15-29(40-33)31(28)36/h5-7,9-12,14-19H,4,8,13H2,1-3H3. The molecule has 4 nitrogen and oxygen atoms in total. The van der Waals surface area contributed by atoms with Gasteiger partial charge in [-0.15, -0.1) is 0 Å². The number of fused-ring (bicyclic) bond motifs is 7. The maximum Gasteiger partial charge on any atom is 0.260 e. The molecule has 1 aliphatic carbocycles. The van der Waals surface area contributed by atoms with Crippen molar-refractivity contribution in [1.82, 2.24) is 0 Å². The normalized spacial score (nSPS) is 17.0. The predicted molar refractivity (Wildman–Crippen MR) is 165 cm³/mol. The van der Waals surface area contributed by atoms with E-state index in [0.29, 0.717) is 5.92 Å². The minimum atomic E-state index is 0.0152. The van der Waals surface area contributed by atoms with Crippen LogP contribution in [0.5, 0.6) is 40.2 Å². The van der Waals surface area contributed by atoms with E-state index in [2.05, 4.69) is 75.4 Å². The molecule has 1 unspecified atom stereocenters. The zero-order valence-corrected chi connectivity index (χ0v) is 23.4. The van der Waals surface area contributed by atoms with Crippen molar-refractivity contribution in [2.75, 3.05) is 0 Å². The molecule has 41 heavy (non-hydrogen) atoms. The van der Waals surface area contributed by atoms with E-state index in [1.165, 1.54) is 16.5 Å². The van der Waals surface area contributed by atoms with Crippen molar-refractivity contribution in [2.24, 2.45) is 0 Å². The molecular weight excluding hydrogens is 506 g/mol. The third-order valence-electron chi connectivity index (χ3n) is 9.64. The van der Waals surface area contributed by atoms with E-state index >= 15 is 0 Å². The van der Waals surface area contributed by atoms with Crippen LogP contribution in [0.3, 0.4) is 0 Å². The Bertz CT molecular complexity index is 1890. The van der Waals surface area contributed by atoms with Gasteiger partial charge in [-0.05, 0) is 77.4 Å². The Morgan fingerprint density at radius 3 is 2.37 bits per heavy atom. The molecule has 0 saturated carbocycles. The van der Waals surface area contributed by atoms with Crippen LogP contribution in [0.25, 0.3) is 0 Å². The van der Waals surface area contributed by atoms with Crippen LogP contribution in [0.2, 0.25) is 0 Å². The molecule has 4 heterocycles. The summed E-state index contributed by atoms with van der Waals surface area (Å²) in [5, 5.41) is 0. The van der Waals surface area contributed by atoms with Gasteiger partial charge in [-0.1, -0.05) is 62.4 Å². The topological polar surface area (TPSA) is 36.9 Å². The molecule has 0 aromatic heterocycles. The highest BCUT2D eigenvalue weighted by Crippen LogP contribution is 2.45. The third-order valence-corrected chi connectivity index (χ3v) is 9.64. The van der Waals surface area contributed by atoms with E-state index in [4.69, 9.17) is 18.9 Å². The molecule has 9 rings (SSSR count). The summed E-state index contributed by atoms with van der Waals surface area (Å²) in [5.41, 5.74) is 9.30. The van der Waals surface area contributed by atoms with Crippen LogP contribution in [0.1, 0.15) is 50.2 Å². The van der Waals surface area contributed by atoms with E-state index in [9.17, 15) is 0 Å². The fourth-order valence-corrected chi connectivity index (χ4v) is 7.46. The molecule has 0 saturated heterocycles. The Hall–Kier alpha value is -4.31. The second-order valence-electron chi connectivity index (χ2n) is 11.8. The van der Waals surface area contributed by atoms with Crippen molar-refractivity contribution in [3.05, 3.63) is 95.2 Å². The van der Waals surface area contributed by atoms with Crippen LogP contribution < -0.4 is 46.3 Å². The summed E-state index contributed by atoms with van der Waals surface area (Å²) in [6.45, 7) is 6.73. The van der Waals surface area contributed by atoms with E-state index in [1.807, 2.05) is 18.2 Å². The third kappa shape index (κ3) is 3.08. The van der Waals surface area contributed by atoms with Gasteiger partial charge in [0.25, 0.3) is 13.4 Å². The number of benzene rings is 4. The van der Waals surface area contributed by atoms with Gasteiger partial charge >= 0.3 is 0 Å². The molecule has 0 fully saturated rings. The van der Waals surface area contributed by atoms with Gasteiger partial charge < -0.3 is 18.9 Å². The van der Waals surface area contributed by atoms with Crippen LogP contribution >= 0.6 is 0 Å². The summed E-state index contributed by atoms with van der Waals surface area (Å²) in [5.74, 6) is 7.74. The lowest BCUT2D eigenvalue weighted by molar-refractivity contribution is 0.394. The molecule has 6 heteroatoms. The van der Waals surface area contributed by atoms with Gasteiger partial charge in [-0.2, -0.15) is 0 Å². The van der Waals surface area contributed by atoms with Gasteiger partial charge in [0.1, 0.15) is 40.2 Å². The summed E-state index contributed by atoms with van der Waals surface area (Å²) in [7, 11) is 0. The highest BCUT2D eigenvalue weighted by atomic mass is 16.5. The lowest BCUT2D eigenvalue weighted by atomic mass is 9.31. The summed E-state index contributed by atoms with van der Waals surface area (Å²) in [4.78, 5) is 0. The molecule has 0 radical (unpaired) electrons. The Kier molecular flexibility index (Phi) is 4.77. The molecule has 0 bridgehead atoms. The van der Waals surface area contributed by atoms with Crippen molar-refractivity contribution in [1.29, 1.82) is 0 Å². The molecule has 0 amide bonds. The summed E-state index contributed by atoms with van der Waals surface area (Å²) < 4.78 is 26.7. The Labute approximate surface area is 240 Å². The van der Waals surface area contributed by atoms with Gasteiger partial charge in [-0.25, -0.2) is 0 Å². The quantitative estimate of drug-likeness (QED) is 0.276. The second-order valence-corrected chi connectivity index (χ2v) is 11.8. The molecule has 4 aromatic rings. The van der Waals surface area contributed by atoms with Gasteiger partial charge in [0.2, 0.25) is 0 Å². The van der Waals surface area contributed by atoms with Crippen LogP contribution in [-0.4, -0.2) is 13.4 Å². The van der Waals surface area contributed by atoms with Crippen molar-refractivity contribution >= 4 is 40.7 Å². The predicted octanol–water partition coefficient (Wildman–Crippen LogP) is 5.49. The van der Waals surface area contributed by atoms with Crippen LogP contribution in [0.4, 0.5) is 0 Å². The number of ether oxygens (including phenoxy) is 4. The average Bonchev–Trinajstić information content (AvgIpc) is 3.01. The fourth-order valence-electron chi connectivity index (χ4n) is 7.46. The largest absolute Gasteiger partial charge is 0.463 e. The van der Waals surface area contributed by atoms with Gasteiger partial charge in [0.15, 0.2) is 0 Å². The van der Waals surface area contributed by atoms with Gasteiger partial charge in [-0.3, -0.25) is 0 Å². The first-order valence-electron chi connectivity index (χ1n) is 14.8. The smallest absolute Gasteiger partial charge is 0.260 e. The summed E-state index contributed by atoms with van der Waals surface area (Å²) in [6, 6.07) is 21.2. The number of para-hydroxylation sites is 1. The first-order valence-corrected chi connectivity index (χ1v) is 14.8. The molecule has 1 atom stereocenters. The zero-order valence-electron chi connectivity index (χ0n) is 23.4. The van der Waals surface area contributed by atoms with E-state index < -0.39 is 0 Å². The molecule has 198 valence electrons. The zero-order chi connectivity index (χ0) is 27.4. The molecule has 4 aromatic carbocycles. The maximum absolute atomic E-state index is 6.99. The minimum absolute atomic E-state index is 0.0152. The average molecular weight is 534 g/mol. The van der Waals surface area contributed by atoms with Crippen molar-refractivity contribution in [3.63, 3.8) is 0 Å². The summed E-state index contributed by atoms with van der Waals surface area (Å²) in [6.07, 6.45) is 7.51. The SMILES string of the molecule is CCC(C)c1ccc2c3c1Oc1c(cc4c(c1C)Oc1cccc5c1B4c1ccccc1O5)B3C1=C(CCC=C1)O2. The summed E-state index contributed by atoms with van der Waals surface area (Å²) >= 11 is 0.